The van der Waals surface area contributed by atoms with E-state index in [-0.39, 0.29) is 11.8 Å². The molecule has 2 amide bonds. The van der Waals surface area contributed by atoms with Crippen molar-refractivity contribution in [3.63, 3.8) is 0 Å². The van der Waals surface area contributed by atoms with E-state index in [1.807, 2.05) is 31.2 Å². The minimum atomic E-state index is -0.629. The van der Waals surface area contributed by atoms with E-state index in [0.717, 1.165) is 15.7 Å². The van der Waals surface area contributed by atoms with Gasteiger partial charge in [-0.2, -0.15) is 5.10 Å². The highest BCUT2D eigenvalue weighted by atomic mass is 79.9. The molecule has 1 N–H and O–H groups in total. The molecular formula is C18H21BrN4O3. The molecule has 0 aliphatic carbocycles. The predicted molar refractivity (Wildman–Crippen MR) is 101 cm³/mol. The number of nitrogens with zero attached hydrogens (tertiary/aromatic N) is 3. The molecule has 0 saturated heterocycles. The Labute approximate surface area is 160 Å². The number of benzene rings is 1. The Balaban J connectivity index is 1.74. The minimum Gasteiger partial charge on any atom is -0.496 e. The molecular weight excluding hydrogens is 400 g/mol. The van der Waals surface area contributed by atoms with E-state index >= 15 is 0 Å². The third-order valence-electron chi connectivity index (χ3n) is 4.40. The summed E-state index contributed by atoms with van der Waals surface area (Å²) >= 11 is 3.42. The van der Waals surface area contributed by atoms with Gasteiger partial charge in [0.15, 0.2) is 0 Å². The molecule has 2 aromatic rings. The Morgan fingerprint density at radius 1 is 1.42 bits per heavy atom. The molecule has 0 fully saturated rings. The molecule has 3 rings (SSSR count). The van der Waals surface area contributed by atoms with Crippen molar-refractivity contribution in [1.29, 1.82) is 0 Å². The fourth-order valence-electron chi connectivity index (χ4n) is 3.09. The van der Waals surface area contributed by atoms with E-state index in [1.54, 1.807) is 18.7 Å². The number of nitrogens with one attached hydrogen (secondary N) is 1. The molecule has 138 valence electrons. The number of halogens is 1. The topological polar surface area (TPSA) is 76.5 Å². The molecule has 0 bridgehead atoms. The summed E-state index contributed by atoms with van der Waals surface area (Å²) in [4.78, 5) is 26.6. The lowest BCUT2D eigenvalue weighted by Gasteiger charge is -2.32. The van der Waals surface area contributed by atoms with Crippen LogP contribution in [0.15, 0.2) is 28.7 Å². The van der Waals surface area contributed by atoms with Gasteiger partial charge in [0.05, 0.1) is 19.3 Å². The second-order valence-electron chi connectivity index (χ2n) is 6.23. The van der Waals surface area contributed by atoms with Crippen LogP contribution in [0.4, 0.5) is 5.82 Å². The predicted octanol–water partition coefficient (Wildman–Crippen LogP) is 2.40. The summed E-state index contributed by atoms with van der Waals surface area (Å²) in [5.74, 6) is 1.07. The molecule has 0 unspecified atom stereocenters. The molecule has 2 heterocycles. The Hall–Kier alpha value is -2.35. The van der Waals surface area contributed by atoms with Crippen LogP contribution in [-0.2, 0) is 22.7 Å². The second kappa shape index (κ2) is 7.49. The van der Waals surface area contributed by atoms with E-state index in [1.165, 1.54) is 4.90 Å². The van der Waals surface area contributed by atoms with E-state index in [2.05, 4.69) is 26.3 Å². The molecule has 0 radical (unpaired) electrons. The largest absolute Gasteiger partial charge is 0.496 e. The molecule has 1 aliphatic rings. The van der Waals surface area contributed by atoms with Gasteiger partial charge < -0.3 is 10.1 Å². The smallest absolute Gasteiger partial charge is 0.243 e. The number of hydrogen-bond donors (Lipinski definition) is 1. The van der Waals surface area contributed by atoms with Crippen molar-refractivity contribution in [2.75, 3.05) is 12.0 Å². The Bertz CT molecular complexity index is 849. The number of fused-ring (bicyclic) bond motifs is 1. The number of carbonyl (C=O) groups excluding carboxylic acids is 2. The normalized spacial score (nSPS) is 14.8. The zero-order valence-electron chi connectivity index (χ0n) is 15.0. The fraction of sp³-hybridized carbons (Fsp3) is 0.389. The molecule has 26 heavy (non-hydrogen) atoms. The van der Waals surface area contributed by atoms with Crippen LogP contribution in [0.3, 0.4) is 0 Å². The highest BCUT2D eigenvalue weighted by Gasteiger charge is 2.33. The van der Waals surface area contributed by atoms with Crippen molar-refractivity contribution in [2.24, 2.45) is 0 Å². The van der Waals surface area contributed by atoms with Gasteiger partial charge in [-0.25, -0.2) is 4.68 Å². The number of hydrogen-bond acceptors (Lipinski definition) is 4. The molecule has 1 aliphatic heterocycles. The van der Waals surface area contributed by atoms with Gasteiger partial charge in [0.1, 0.15) is 17.6 Å². The zero-order chi connectivity index (χ0) is 18.8. The van der Waals surface area contributed by atoms with Crippen molar-refractivity contribution in [2.45, 2.75) is 39.4 Å². The summed E-state index contributed by atoms with van der Waals surface area (Å²) in [5, 5.41) is 7.27. The third kappa shape index (κ3) is 3.60. The molecule has 7 nitrogen and oxygen atoms in total. The zero-order valence-corrected chi connectivity index (χ0v) is 16.5. The van der Waals surface area contributed by atoms with Crippen LogP contribution in [-0.4, -0.2) is 34.7 Å². The maximum atomic E-state index is 12.7. The first-order valence-corrected chi connectivity index (χ1v) is 9.16. The molecule has 8 heteroatoms. The van der Waals surface area contributed by atoms with E-state index < -0.39 is 6.04 Å². The van der Waals surface area contributed by atoms with Crippen molar-refractivity contribution in [3.05, 3.63) is 40.0 Å². The van der Waals surface area contributed by atoms with Gasteiger partial charge in [-0.3, -0.25) is 14.5 Å². The van der Waals surface area contributed by atoms with Crippen molar-refractivity contribution < 1.29 is 14.3 Å². The maximum Gasteiger partial charge on any atom is 0.243 e. The summed E-state index contributed by atoms with van der Waals surface area (Å²) in [6, 6.07) is 6.82. The minimum absolute atomic E-state index is 0.0694. The van der Waals surface area contributed by atoms with Gasteiger partial charge >= 0.3 is 0 Å². The SMILES string of the molecule is COc1ccc(Br)cc1CNC(=O)[C@@H](C)N1C(=O)CCn2nc(C)cc21. The van der Waals surface area contributed by atoms with Crippen LogP contribution in [0, 0.1) is 6.92 Å². The first kappa shape index (κ1) is 18.4. The number of ether oxygens (including phenoxy) is 1. The van der Waals surface area contributed by atoms with Crippen LogP contribution >= 0.6 is 15.9 Å². The maximum absolute atomic E-state index is 12.7. The van der Waals surface area contributed by atoms with Gasteiger partial charge in [0, 0.05) is 29.1 Å². The summed E-state index contributed by atoms with van der Waals surface area (Å²) in [6.45, 7) is 4.45. The van der Waals surface area contributed by atoms with E-state index in [9.17, 15) is 9.59 Å². The number of rotatable bonds is 5. The number of aryl methyl sites for hydroxylation is 2. The molecule has 1 atom stereocenters. The van der Waals surface area contributed by atoms with Crippen LogP contribution in [0.5, 0.6) is 5.75 Å². The lowest BCUT2D eigenvalue weighted by atomic mass is 10.1. The van der Waals surface area contributed by atoms with Crippen LogP contribution in [0.2, 0.25) is 0 Å². The third-order valence-corrected chi connectivity index (χ3v) is 4.89. The number of methoxy groups -OCH3 is 1. The number of amides is 2. The Morgan fingerprint density at radius 2 is 2.19 bits per heavy atom. The van der Waals surface area contributed by atoms with Crippen molar-refractivity contribution >= 4 is 33.6 Å². The standard InChI is InChI=1S/C18H21BrN4O3/c1-11-8-16-22(21-11)7-6-17(24)23(16)12(2)18(25)20-10-13-9-14(19)4-5-15(13)26-3/h4-5,8-9,12H,6-7,10H2,1-3H3,(H,20,25)/t12-/m1/s1. The number of anilines is 1. The fourth-order valence-corrected chi connectivity index (χ4v) is 3.50. The second-order valence-corrected chi connectivity index (χ2v) is 7.15. The van der Waals surface area contributed by atoms with Gasteiger partial charge in [-0.15, -0.1) is 0 Å². The number of aromatic nitrogens is 2. The van der Waals surface area contributed by atoms with Crippen molar-refractivity contribution in [3.8, 4) is 5.75 Å². The summed E-state index contributed by atoms with van der Waals surface area (Å²) < 4.78 is 8.01. The summed E-state index contributed by atoms with van der Waals surface area (Å²) in [5.41, 5.74) is 1.68. The Morgan fingerprint density at radius 3 is 2.92 bits per heavy atom. The monoisotopic (exact) mass is 420 g/mol. The molecule has 1 aromatic carbocycles. The summed E-state index contributed by atoms with van der Waals surface area (Å²) in [6.07, 6.45) is 0.338. The average Bonchev–Trinajstić information content (AvgIpc) is 2.99. The van der Waals surface area contributed by atoms with E-state index in [4.69, 9.17) is 4.74 Å². The highest BCUT2D eigenvalue weighted by molar-refractivity contribution is 9.10. The van der Waals surface area contributed by atoms with Crippen LogP contribution < -0.4 is 15.0 Å². The summed E-state index contributed by atoms with van der Waals surface area (Å²) in [7, 11) is 1.59. The van der Waals surface area contributed by atoms with Crippen molar-refractivity contribution in [1.82, 2.24) is 15.1 Å². The Kier molecular flexibility index (Phi) is 5.31. The van der Waals surface area contributed by atoms with Gasteiger partial charge in [-0.05, 0) is 32.0 Å². The molecule has 0 spiro atoms. The quantitative estimate of drug-likeness (QED) is 0.805. The number of carbonyl (C=O) groups is 2. The van der Waals surface area contributed by atoms with E-state index in [0.29, 0.717) is 31.1 Å². The molecule has 0 saturated carbocycles. The van der Waals surface area contributed by atoms with Crippen LogP contribution in [0.25, 0.3) is 0 Å². The first-order valence-electron chi connectivity index (χ1n) is 8.37. The first-order chi connectivity index (χ1) is 12.4. The lowest BCUT2D eigenvalue weighted by Crippen LogP contribution is -2.50. The average molecular weight is 421 g/mol. The van der Waals surface area contributed by atoms with Gasteiger partial charge in [-0.1, -0.05) is 15.9 Å². The molecule has 1 aromatic heterocycles. The lowest BCUT2D eigenvalue weighted by molar-refractivity contribution is -0.126. The van der Waals surface area contributed by atoms with Gasteiger partial charge in [0.25, 0.3) is 0 Å². The van der Waals surface area contributed by atoms with Gasteiger partial charge in [0.2, 0.25) is 11.8 Å². The highest BCUT2D eigenvalue weighted by Crippen LogP contribution is 2.25. The van der Waals surface area contributed by atoms with Crippen LogP contribution in [0.1, 0.15) is 24.6 Å².